The van der Waals surface area contributed by atoms with Gasteiger partial charge in [0, 0.05) is 48.8 Å². The maximum Gasteiger partial charge on any atom is 0.255 e. The van der Waals surface area contributed by atoms with E-state index in [1.165, 1.54) is 12.1 Å². The second-order valence-electron chi connectivity index (χ2n) is 7.97. The zero-order valence-corrected chi connectivity index (χ0v) is 19.7. The number of carbonyl (C=O) groups is 1. The Morgan fingerprint density at radius 2 is 1.53 bits per heavy atom. The number of amides is 1. The van der Waals surface area contributed by atoms with Crippen molar-refractivity contribution in [3.63, 3.8) is 0 Å². The van der Waals surface area contributed by atoms with Crippen molar-refractivity contribution < 1.29 is 24.1 Å². The summed E-state index contributed by atoms with van der Waals surface area (Å²) in [7, 11) is 0. The number of piperazine rings is 1. The molecule has 0 radical (unpaired) electrons. The Hall–Kier alpha value is -4.09. The van der Waals surface area contributed by atoms with Gasteiger partial charge in [-0.05, 0) is 72.7 Å². The summed E-state index contributed by atoms with van der Waals surface area (Å²) in [5.41, 5.74) is 2.13. The third-order valence-electron chi connectivity index (χ3n) is 5.64. The van der Waals surface area contributed by atoms with Gasteiger partial charge < -0.3 is 24.6 Å². The number of carbonyl (C=O) groups excluding carboxylic acids is 1. The van der Waals surface area contributed by atoms with E-state index in [2.05, 4.69) is 21.2 Å². The van der Waals surface area contributed by atoms with Crippen LogP contribution in [0.3, 0.4) is 0 Å². The van der Waals surface area contributed by atoms with Crippen LogP contribution in [0.25, 0.3) is 0 Å². The Morgan fingerprint density at radius 3 is 2.11 bits per heavy atom. The molecular weight excluding hydrogens is 459 g/mol. The molecule has 1 amide bonds. The molecule has 0 unspecified atom stereocenters. The Balaban J connectivity index is 1.39. The number of alkyl halides is 1. The normalized spacial score (nSPS) is 14.8. The van der Waals surface area contributed by atoms with Crippen LogP contribution in [-0.4, -0.2) is 58.6 Å². The molecule has 3 aromatic carbocycles. The van der Waals surface area contributed by atoms with Crippen molar-refractivity contribution in [1.82, 2.24) is 0 Å². The largest absolute Gasteiger partial charge is 0.491 e. The fourth-order valence-corrected chi connectivity index (χ4v) is 3.74. The highest BCUT2D eigenvalue weighted by Gasteiger charge is 2.18. The average Bonchev–Trinajstić information content (AvgIpc) is 2.94. The third-order valence-corrected chi connectivity index (χ3v) is 5.64. The lowest BCUT2D eigenvalue weighted by atomic mass is 10.1. The van der Waals surface area contributed by atoms with Gasteiger partial charge in [-0.1, -0.05) is 0 Å². The van der Waals surface area contributed by atoms with Crippen LogP contribution in [0, 0.1) is 11.3 Å². The maximum atomic E-state index is 13.0. The van der Waals surface area contributed by atoms with Gasteiger partial charge in [0.2, 0.25) is 0 Å². The SMILES string of the molecule is [3H]c1cc(N2CCN(c3ccc(C#N)cc3)CC2)cc([3H])c1NC(=O)c1c([3H])cc(OCCOCCF)cc1[3H]. The first-order chi connectivity index (χ1) is 19.3. The van der Waals surface area contributed by atoms with E-state index in [0.717, 1.165) is 18.8 Å². The highest BCUT2D eigenvalue weighted by Crippen LogP contribution is 2.23. The second-order valence-corrected chi connectivity index (χ2v) is 7.97. The van der Waals surface area contributed by atoms with Crippen molar-refractivity contribution in [2.75, 3.05) is 67.8 Å². The zero-order valence-electron chi connectivity index (χ0n) is 23.7. The van der Waals surface area contributed by atoms with E-state index in [1.54, 1.807) is 24.3 Å². The first-order valence-corrected chi connectivity index (χ1v) is 11.6. The topological polar surface area (TPSA) is 77.8 Å². The zero-order chi connectivity index (χ0) is 28.6. The molecule has 1 N–H and O–H groups in total. The summed E-state index contributed by atoms with van der Waals surface area (Å²) in [6.07, 6.45) is 0. The van der Waals surface area contributed by atoms with Crippen LogP contribution >= 0.6 is 0 Å². The monoisotopic (exact) mass is 496 g/mol. The standard InChI is InChI=1S/C28H29FN4O3/c29-13-18-35-19-20-36-27-11-3-23(4-12-27)28(34)31-24-5-9-26(10-6-24)33-16-14-32(15-17-33)25-7-1-22(21-30)2-8-25/h1-12H,13-20H2,(H,31,34)/i3T,4T,5T,6T. The van der Waals surface area contributed by atoms with Crippen LogP contribution in [0.5, 0.6) is 5.75 Å². The number of ether oxygens (including phenoxy) is 2. The molecule has 8 heteroatoms. The molecule has 3 aromatic rings. The summed E-state index contributed by atoms with van der Waals surface area (Å²) in [6.45, 7) is 2.42. The van der Waals surface area contributed by atoms with Gasteiger partial charge >= 0.3 is 0 Å². The molecule has 0 spiro atoms. The lowest BCUT2D eigenvalue weighted by molar-refractivity contribution is 0.0897. The van der Waals surface area contributed by atoms with Crippen LogP contribution in [0.2, 0.25) is 0 Å². The summed E-state index contributed by atoms with van der Waals surface area (Å²) < 4.78 is 55.8. The van der Waals surface area contributed by atoms with E-state index >= 15 is 0 Å². The Morgan fingerprint density at radius 1 is 0.917 bits per heavy atom. The molecule has 0 aliphatic carbocycles. The van der Waals surface area contributed by atoms with Gasteiger partial charge in [-0.15, -0.1) is 0 Å². The van der Waals surface area contributed by atoms with Gasteiger partial charge in [0.15, 0.2) is 0 Å². The van der Waals surface area contributed by atoms with Gasteiger partial charge in [0.25, 0.3) is 5.91 Å². The molecule has 0 bridgehead atoms. The third kappa shape index (κ3) is 6.74. The quantitative estimate of drug-likeness (QED) is 0.417. The molecule has 0 saturated carbocycles. The Kier molecular flexibility index (Phi) is 7.03. The number of halogens is 1. The predicted molar refractivity (Wildman–Crippen MR) is 139 cm³/mol. The summed E-state index contributed by atoms with van der Waals surface area (Å²) in [6, 6.07) is 14.8. The molecule has 1 heterocycles. The number of nitriles is 1. The molecular formula is C28H29FN4O3. The van der Waals surface area contributed by atoms with Crippen LogP contribution in [0.4, 0.5) is 21.5 Å². The highest BCUT2D eigenvalue weighted by atomic mass is 19.1. The summed E-state index contributed by atoms with van der Waals surface area (Å²) >= 11 is 0. The number of anilines is 3. The van der Waals surface area contributed by atoms with Crippen LogP contribution in [-0.2, 0) is 4.74 Å². The van der Waals surface area contributed by atoms with Crippen LogP contribution in [0.1, 0.15) is 21.4 Å². The number of benzene rings is 3. The molecule has 1 aliphatic heterocycles. The van der Waals surface area contributed by atoms with E-state index in [4.69, 9.17) is 20.2 Å². The molecule has 4 rings (SSSR count). The van der Waals surface area contributed by atoms with E-state index in [9.17, 15) is 9.18 Å². The molecule has 0 atom stereocenters. The van der Waals surface area contributed by atoms with Crippen molar-refractivity contribution >= 4 is 23.0 Å². The molecule has 1 fully saturated rings. The Labute approximate surface area is 216 Å². The van der Waals surface area contributed by atoms with E-state index in [-0.39, 0.29) is 61.0 Å². The van der Waals surface area contributed by atoms with Gasteiger partial charge in [-0.2, -0.15) is 5.26 Å². The minimum Gasteiger partial charge on any atom is -0.491 e. The number of hydrogen-bond acceptors (Lipinski definition) is 6. The number of rotatable bonds is 10. The van der Waals surface area contributed by atoms with E-state index in [0.29, 0.717) is 24.3 Å². The number of hydrogen-bond donors (Lipinski definition) is 1. The lowest BCUT2D eigenvalue weighted by Gasteiger charge is -2.37. The summed E-state index contributed by atoms with van der Waals surface area (Å²) in [5.74, 6) is -0.556. The molecule has 1 saturated heterocycles. The van der Waals surface area contributed by atoms with Crippen molar-refractivity contribution in [1.29, 1.82) is 5.26 Å². The second kappa shape index (κ2) is 12.6. The molecule has 186 valence electrons. The van der Waals surface area contributed by atoms with Crippen LogP contribution in [0.15, 0.2) is 72.7 Å². The first-order valence-electron chi connectivity index (χ1n) is 13.6. The number of nitrogens with one attached hydrogen (secondary N) is 1. The van der Waals surface area contributed by atoms with Gasteiger partial charge in [-0.25, -0.2) is 4.39 Å². The molecule has 0 aromatic heterocycles. The van der Waals surface area contributed by atoms with Gasteiger partial charge in [0.1, 0.15) is 19.0 Å². The fourth-order valence-electron chi connectivity index (χ4n) is 3.74. The summed E-state index contributed by atoms with van der Waals surface area (Å²) in [4.78, 5) is 17.2. The van der Waals surface area contributed by atoms with Crippen molar-refractivity contribution in [3.8, 4) is 11.8 Å². The minimum atomic E-state index is -0.765. The average molecular weight is 497 g/mol. The lowest BCUT2D eigenvalue weighted by Crippen LogP contribution is -2.46. The van der Waals surface area contributed by atoms with Crippen molar-refractivity contribution in [3.05, 3.63) is 83.8 Å². The van der Waals surface area contributed by atoms with Crippen molar-refractivity contribution in [2.24, 2.45) is 0 Å². The van der Waals surface area contributed by atoms with Crippen LogP contribution < -0.4 is 19.9 Å². The molecule has 1 aliphatic rings. The van der Waals surface area contributed by atoms with E-state index < -0.39 is 12.6 Å². The highest BCUT2D eigenvalue weighted by molar-refractivity contribution is 6.04. The smallest absolute Gasteiger partial charge is 0.255 e. The van der Waals surface area contributed by atoms with Gasteiger partial charge in [0.05, 0.1) is 30.3 Å². The van der Waals surface area contributed by atoms with E-state index in [1.807, 2.05) is 12.1 Å². The maximum absolute atomic E-state index is 13.0. The Bertz CT molecular complexity index is 1350. The number of nitrogens with zero attached hydrogens (tertiary/aromatic N) is 3. The van der Waals surface area contributed by atoms with Gasteiger partial charge in [-0.3, -0.25) is 4.79 Å². The fraction of sp³-hybridized carbons (Fsp3) is 0.286. The minimum absolute atomic E-state index is 0.00546. The van der Waals surface area contributed by atoms with Crippen molar-refractivity contribution in [2.45, 2.75) is 0 Å². The first kappa shape index (κ1) is 20.1. The predicted octanol–water partition coefficient (Wildman–Crippen LogP) is 4.50. The summed E-state index contributed by atoms with van der Waals surface area (Å²) in [5, 5.41) is 11.5. The molecule has 36 heavy (non-hydrogen) atoms. The molecule has 7 nitrogen and oxygen atoms in total.